The van der Waals surface area contributed by atoms with Gasteiger partial charge in [0.25, 0.3) is 5.91 Å². The molecule has 1 aromatic heterocycles. The number of thioether (sulfide) groups is 1. The molecule has 1 amide bonds. The van der Waals surface area contributed by atoms with Gasteiger partial charge in [-0.05, 0) is 36.2 Å². The number of hydrogen-bond donors (Lipinski definition) is 1. The quantitative estimate of drug-likeness (QED) is 0.451. The fraction of sp³-hybridized carbons (Fsp3) is 0.167. The Balaban J connectivity index is 1.47. The Hall–Kier alpha value is -2.09. The van der Waals surface area contributed by atoms with Gasteiger partial charge in [-0.15, -0.1) is 10.2 Å². The van der Waals surface area contributed by atoms with Gasteiger partial charge in [0.2, 0.25) is 5.13 Å². The molecule has 134 valence electrons. The molecule has 0 fully saturated rings. The number of anilines is 1. The van der Waals surface area contributed by atoms with Crippen LogP contribution in [0.1, 0.15) is 11.1 Å². The molecule has 26 heavy (non-hydrogen) atoms. The van der Waals surface area contributed by atoms with Gasteiger partial charge in [-0.1, -0.05) is 65.0 Å². The number of carbonyl (C=O) groups is 1. The van der Waals surface area contributed by atoms with Gasteiger partial charge in [-0.25, -0.2) is 0 Å². The number of aryl methyl sites for hydroxylation is 1. The van der Waals surface area contributed by atoms with Gasteiger partial charge >= 0.3 is 0 Å². The van der Waals surface area contributed by atoms with Crippen LogP contribution in [0.4, 0.5) is 5.13 Å². The fourth-order valence-electron chi connectivity index (χ4n) is 2.05. The van der Waals surface area contributed by atoms with Crippen LogP contribution in [0, 0.1) is 6.92 Å². The smallest absolute Gasteiger partial charge is 0.264 e. The molecule has 1 heterocycles. The average Bonchev–Trinajstić information content (AvgIpc) is 3.09. The van der Waals surface area contributed by atoms with E-state index in [0.717, 1.165) is 15.7 Å². The number of nitrogens with one attached hydrogen (secondary N) is 1. The van der Waals surface area contributed by atoms with E-state index in [0.29, 0.717) is 15.9 Å². The normalized spacial score (nSPS) is 10.5. The van der Waals surface area contributed by atoms with E-state index in [1.54, 1.807) is 30.0 Å². The van der Waals surface area contributed by atoms with Crippen molar-refractivity contribution in [2.24, 2.45) is 0 Å². The highest BCUT2D eigenvalue weighted by Crippen LogP contribution is 2.28. The molecule has 8 heteroatoms. The summed E-state index contributed by atoms with van der Waals surface area (Å²) in [5.41, 5.74) is 2.11. The Labute approximate surface area is 164 Å². The van der Waals surface area contributed by atoms with Crippen LogP contribution in [0.15, 0.2) is 52.9 Å². The SMILES string of the molecule is Cc1cc(OCC(=O)Nc2nnc(SCc3ccccc3)s2)ccc1Cl. The first kappa shape index (κ1) is 18.7. The van der Waals surface area contributed by atoms with Crippen molar-refractivity contribution in [2.45, 2.75) is 17.0 Å². The summed E-state index contributed by atoms with van der Waals surface area (Å²) in [6, 6.07) is 15.4. The molecular weight excluding hydrogens is 390 g/mol. The maximum absolute atomic E-state index is 12.0. The van der Waals surface area contributed by atoms with Crippen LogP contribution in [-0.4, -0.2) is 22.7 Å². The zero-order chi connectivity index (χ0) is 18.4. The summed E-state index contributed by atoms with van der Waals surface area (Å²) in [7, 11) is 0. The molecule has 0 unspecified atom stereocenters. The summed E-state index contributed by atoms with van der Waals surface area (Å²) in [5.74, 6) is 1.12. The largest absolute Gasteiger partial charge is 0.484 e. The first-order valence-electron chi connectivity index (χ1n) is 7.79. The predicted octanol–water partition coefficient (Wildman–Crippen LogP) is 4.81. The lowest BCUT2D eigenvalue weighted by Crippen LogP contribution is -2.20. The Morgan fingerprint density at radius 2 is 2.04 bits per heavy atom. The lowest BCUT2D eigenvalue weighted by molar-refractivity contribution is -0.118. The molecule has 0 radical (unpaired) electrons. The highest BCUT2D eigenvalue weighted by molar-refractivity contribution is 8.00. The summed E-state index contributed by atoms with van der Waals surface area (Å²) < 4.78 is 6.27. The second-order valence-corrected chi connectivity index (χ2v) is 8.00. The Bertz CT molecular complexity index is 887. The molecule has 0 bridgehead atoms. The maximum Gasteiger partial charge on any atom is 0.264 e. The van der Waals surface area contributed by atoms with Gasteiger partial charge in [0.1, 0.15) is 5.75 Å². The van der Waals surface area contributed by atoms with E-state index < -0.39 is 0 Å². The minimum atomic E-state index is -0.284. The van der Waals surface area contributed by atoms with Crippen LogP contribution < -0.4 is 10.1 Å². The van der Waals surface area contributed by atoms with Crippen molar-refractivity contribution in [1.82, 2.24) is 10.2 Å². The number of halogens is 1. The van der Waals surface area contributed by atoms with Crippen LogP contribution in [0.5, 0.6) is 5.75 Å². The highest BCUT2D eigenvalue weighted by Gasteiger charge is 2.10. The first-order valence-corrected chi connectivity index (χ1v) is 9.97. The number of amides is 1. The van der Waals surface area contributed by atoms with Crippen LogP contribution in [0.3, 0.4) is 0 Å². The molecule has 0 spiro atoms. The minimum Gasteiger partial charge on any atom is -0.484 e. The van der Waals surface area contributed by atoms with Crippen molar-refractivity contribution in [3.05, 3.63) is 64.7 Å². The highest BCUT2D eigenvalue weighted by atomic mass is 35.5. The number of nitrogens with zero attached hydrogens (tertiary/aromatic N) is 2. The summed E-state index contributed by atoms with van der Waals surface area (Å²) in [4.78, 5) is 12.0. The van der Waals surface area contributed by atoms with E-state index in [2.05, 4.69) is 27.6 Å². The molecule has 3 rings (SSSR count). The van der Waals surface area contributed by atoms with E-state index in [1.807, 2.05) is 25.1 Å². The van der Waals surface area contributed by atoms with E-state index >= 15 is 0 Å². The number of carbonyl (C=O) groups excluding carboxylic acids is 1. The van der Waals surface area contributed by atoms with E-state index in [1.165, 1.54) is 16.9 Å². The van der Waals surface area contributed by atoms with Crippen molar-refractivity contribution < 1.29 is 9.53 Å². The zero-order valence-electron chi connectivity index (χ0n) is 13.9. The summed E-state index contributed by atoms with van der Waals surface area (Å²) in [6.45, 7) is 1.78. The van der Waals surface area contributed by atoms with E-state index in [4.69, 9.17) is 16.3 Å². The van der Waals surface area contributed by atoms with Gasteiger partial charge in [-0.2, -0.15) is 0 Å². The molecule has 0 atom stereocenters. The molecule has 5 nitrogen and oxygen atoms in total. The number of hydrogen-bond acceptors (Lipinski definition) is 6. The second-order valence-electron chi connectivity index (χ2n) is 5.40. The fourth-order valence-corrected chi connectivity index (χ4v) is 3.89. The van der Waals surface area contributed by atoms with Gasteiger partial charge in [0, 0.05) is 10.8 Å². The van der Waals surface area contributed by atoms with Crippen molar-refractivity contribution >= 4 is 45.7 Å². The van der Waals surface area contributed by atoms with Crippen LogP contribution in [0.25, 0.3) is 0 Å². The number of rotatable bonds is 7. The molecule has 0 saturated carbocycles. The molecule has 0 aliphatic rings. The van der Waals surface area contributed by atoms with E-state index in [-0.39, 0.29) is 12.5 Å². The van der Waals surface area contributed by atoms with Crippen LogP contribution >= 0.6 is 34.7 Å². The molecule has 0 aliphatic heterocycles. The molecule has 0 saturated heterocycles. The summed E-state index contributed by atoms with van der Waals surface area (Å²) in [6.07, 6.45) is 0. The minimum absolute atomic E-state index is 0.104. The summed E-state index contributed by atoms with van der Waals surface area (Å²) >= 11 is 8.89. The molecule has 2 aromatic carbocycles. The molecule has 1 N–H and O–H groups in total. The van der Waals surface area contributed by atoms with Crippen molar-refractivity contribution in [1.29, 1.82) is 0 Å². The first-order chi connectivity index (χ1) is 12.6. The Morgan fingerprint density at radius 3 is 2.81 bits per heavy atom. The van der Waals surface area contributed by atoms with Gasteiger partial charge in [-0.3, -0.25) is 10.1 Å². The number of benzene rings is 2. The average molecular weight is 406 g/mol. The lowest BCUT2D eigenvalue weighted by Gasteiger charge is -2.07. The van der Waals surface area contributed by atoms with Crippen molar-refractivity contribution in [3.8, 4) is 5.75 Å². The number of ether oxygens (including phenoxy) is 1. The Kier molecular flexibility index (Phi) is 6.49. The second kappa shape index (κ2) is 9.02. The predicted molar refractivity (Wildman–Crippen MR) is 106 cm³/mol. The third-order valence-corrected chi connectivity index (χ3v) is 5.82. The van der Waals surface area contributed by atoms with Crippen molar-refractivity contribution in [2.75, 3.05) is 11.9 Å². The van der Waals surface area contributed by atoms with Gasteiger partial charge in [0.05, 0.1) is 0 Å². The van der Waals surface area contributed by atoms with Crippen LogP contribution in [-0.2, 0) is 10.5 Å². The molecule has 3 aromatic rings. The monoisotopic (exact) mass is 405 g/mol. The molecule has 0 aliphatic carbocycles. The standard InChI is InChI=1S/C18H16ClN3O2S2/c1-12-9-14(7-8-15(12)19)24-10-16(23)20-17-21-22-18(26-17)25-11-13-5-3-2-4-6-13/h2-9H,10-11H2,1H3,(H,20,21,23). The van der Waals surface area contributed by atoms with E-state index in [9.17, 15) is 4.79 Å². The summed E-state index contributed by atoms with van der Waals surface area (Å²) in [5, 5.41) is 11.9. The van der Waals surface area contributed by atoms with Gasteiger partial charge < -0.3 is 4.74 Å². The lowest BCUT2D eigenvalue weighted by atomic mass is 10.2. The topological polar surface area (TPSA) is 64.1 Å². The third kappa shape index (κ3) is 5.45. The number of aromatic nitrogens is 2. The van der Waals surface area contributed by atoms with Crippen molar-refractivity contribution in [3.63, 3.8) is 0 Å². The maximum atomic E-state index is 12.0. The Morgan fingerprint density at radius 1 is 1.23 bits per heavy atom. The third-order valence-electron chi connectivity index (χ3n) is 3.36. The van der Waals surface area contributed by atoms with Gasteiger partial charge in [0.15, 0.2) is 10.9 Å². The zero-order valence-corrected chi connectivity index (χ0v) is 16.3. The van der Waals surface area contributed by atoms with Crippen LogP contribution in [0.2, 0.25) is 5.02 Å². The molecular formula is C18H16ClN3O2S2.